The highest BCUT2D eigenvalue weighted by molar-refractivity contribution is 5.93. The average Bonchev–Trinajstić information content (AvgIpc) is 0.774. The molecular weight excluding hydrogens is 1270 g/mol. The number of aliphatic hydroxyl groups excluding tert-OH is 3. The smallest absolute Gasteiger partial charge is 0.338 e. The van der Waals surface area contributed by atoms with E-state index in [1.165, 1.54) is 133 Å². The Morgan fingerprint density at radius 3 is 0.888 bits per heavy atom. The Kier molecular flexibility index (Phi) is 22.9. The first-order chi connectivity index (χ1) is 47.7. The molecule has 0 radical (unpaired) electrons. The molecule has 3 fully saturated rings. The molecule has 0 unspecified atom stereocenters. The molecule has 15 atom stereocenters. The van der Waals surface area contributed by atoms with Crippen molar-refractivity contribution in [2.45, 2.75) is 92.1 Å². The Bertz CT molecular complexity index is 3970. The maximum absolute atomic E-state index is 14.6. The number of carbonyl (C=O) groups excluding carboxylic acids is 8. The Morgan fingerprint density at radius 2 is 0.551 bits per heavy atom. The van der Waals surface area contributed by atoms with Crippen LogP contribution in [0.25, 0.3) is 0 Å². The normalized spacial score (nSPS) is 25.0. The number of aliphatic hydroxyl groups is 3. The summed E-state index contributed by atoms with van der Waals surface area (Å²) in [6.45, 7) is -2.76. The minimum atomic E-state index is -2.20. The number of rotatable bonds is 23. The third kappa shape index (κ3) is 16.9. The lowest BCUT2D eigenvalue weighted by molar-refractivity contribution is -0.362. The van der Waals surface area contributed by atoms with Gasteiger partial charge in [0.2, 0.25) is 0 Å². The first-order valence-electron chi connectivity index (χ1n) is 31.0. The van der Waals surface area contributed by atoms with Crippen LogP contribution in [0, 0.1) is 0 Å². The van der Waals surface area contributed by atoms with E-state index >= 15 is 0 Å². The molecule has 24 nitrogen and oxygen atoms in total. The Balaban J connectivity index is 0.997. The van der Waals surface area contributed by atoms with Gasteiger partial charge >= 0.3 is 47.8 Å². The summed E-state index contributed by atoms with van der Waals surface area (Å²) in [7, 11) is 0. The van der Waals surface area contributed by atoms with Crippen LogP contribution in [-0.4, -0.2) is 175 Å². The Labute approximate surface area is 559 Å². The standard InChI is InChI=1S/C74H64O24/c75-41-52-55(76)58(98-74-63(97-71(84)51-39-23-8-24-40-51)60(94-68(81)48-33-17-5-18-34-48)57(92-66(79)46-29-13-3-14-30-46)54(90-74)42-86-64(77)44-25-9-1-10-26-44)62(96-70(83)50-37-21-7-22-38-50)73(89-52)87-43-53-56(91-65(78)45-27-11-2-12-28-45)59(93-67(80)47-31-15-4-16-32-47)61(72(85)88-53)95-69(82)49-35-19-6-20-36-49/h1-40,52-63,72-76,85H,41-43H2/t52-,53-,54-,55-,56-,57-,58+,59+,60+,61-,62-,63-,72+,73-,74+/m1/s1. The van der Waals surface area contributed by atoms with Gasteiger partial charge in [-0.25, -0.2) is 38.4 Å². The van der Waals surface area contributed by atoms with Crippen molar-refractivity contribution in [3.63, 3.8) is 0 Å². The summed E-state index contributed by atoms with van der Waals surface area (Å²) in [5.74, 6) is -8.23. The zero-order chi connectivity index (χ0) is 68.5. The summed E-state index contributed by atoms with van der Waals surface area (Å²) < 4.78 is 81.1. The molecule has 0 aromatic heterocycles. The molecule has 0 bridgehead atoms. The molecule has 3 aliphatic heterocycles. The number of hydrogen-bond donors (Lipinski definition) is 3. The molecule has 3 saturated heterocycles. The first kappa shape index (κ1) is 68.6. The third-order valence-corrected chi connectivity index (χ3v) is 15.9. The third-order valence-electron chi connectivity index (χ3n) is 15.9. The number of esters is 8. The van der Waals surface area contributed by atoms with Gasteiger partial charge in [-0.1, -0.05) is 146 Å². The van der Waals surface area contributed by atoms with Crippen molar-refractivity contribution in [3.8, 4) is 0 Å². The van der Waals surface area contributed by atoms with Crippen molar-refractivity contribution in [1.29, 1.82) is 0 Å². The number of ether oxygens (including phenoxy) is 13. The molecule has 0 spiro atoms. The molecule has 0 aliphatic carbocycles. The number of carbonyl (C=O) groups is 8. The Hall–Kier alpha value is -10.8. The second kappa shape index (κ2) is 32.8. The van der Waals surface area contributed by atoms with Crippen LogP contribution in [-0.2, 0) is 61.6 Å². The van der Waals surface area contributed by atoms with Crippen LogP contribution in [0.1, 0.15) is 82.9 Å². The van der Waals surface area contributed by atoms with Crippen molar-refractivity contribution >= 4 is 47.8 Å². The monoisotopic (exact) mass is 1340 g/mol. The molecule has 8 aromatic carbocycles. The van der Waals surface area contributed by atoms with Gasteiger partial charge in [-0.3, -0.25) is 0 Å². The maximum Gasteiger partial charge on any atom is 0.338 e. The van der Waals surface area contributed by atoms with Crippen LogP contribution < -0.4 is 0 Å². The van der Waals surface area contributed by atoms with Crippen molar-refractivity contribution in [3.05, 3.63) is 287 Å². The van der Waals surface area contributed by atoms with Gasteiger partial charge in [0.1, 0.15) is 37.1 Å². The zero-order valence-corrected chi connectivity index (χ0v) is 51.8. The molecule has 24 heteroatoms. The van der Waals surface area contributed by atoms with Crippen LogP contribution in [0.15, 0.2) is 243 Å². The van der Waals surface area contributed by atoms with E-state index in [4.69, 9.17) is 61.6 Å². The van der Waals surface area contributed by atoms with Crippen molar-refractivity contribution in [1.82, 2.24) is 0 Å². The fourth-order valence-corrected chi connectivity index (χ4v) is 10.9. The number of hydrogen-bond acceptors (Lipinski definition) is 24. The molecule has 3 N–H and O–H groups in total. The average molecular weight is 1340 g/mol. The summed E-state index contributed by atoms with van der Waals surface area (Å²) in [6, 6.07) is 60.5. The highest BCUT2D eigenvalue weighted by Gasteiger charge is 2.59. The lowest BCUT2D eigenvalue weighted by atomic mass is 9.95. The van der Waals surface area contributed by atoms with Crippen molar-refractivity contribution < 1.29 is 115 Å². The van der Waals surface area contributed by atoms with Crippen LogP contribution in [0.2, 0.25) is 0 Å². The summed E-state index contributed by atoms with van der Waals surface area (Å²) in [5, 5.41) is 35.6. The van der Waals surface area contributed by atoms with Gasteiger partial charge in [0, 0.05) is 0 Å². The molecule has 0 saturated carbocycles. The fraction of sp³-hybridized carbons (Fsp3) is 0.243. The largest absolute Gasteiger partial charge is 0.459 e. The van der Waals surface area contributed by atoms with Crippen LogP contribution in [0.3, 0.4) is 0 Å². The highest BCUT2D eigenvalue weighted by Crippen LogP contribution is 2.38. The molecular formula is C74H64O24. The molecule has 3 heterocycles. The fourth-order valence-electron chi connectivity index (χ4n) is 10.9. The maximum atomic E-state index is 14.6. The van der Waals surface area contributed by atoms with E-state index in [9.17, 15) is 53.7 Å². The zero-order valence-electron chi connectivity index (χ0n) is 51.8. The van der Waals surface area contributed by atoms with Gasteiger partial charge in [-0.2, -0.15) is 0 Å². The van der Waals surface area contributed by atoms with Gasteiger partial charge in [-0.15, -0.1) is 0 Å². The van der Waals surface area contributed by atoms with Gasteiger partial charge in [0.05, 0.1) is 57.7 Å². The van der Waals surface area contributed by atoms with Gasteiger partial charge in [-0.05, 0) is 97.1 Å². The lowest BCUT2D eigenvalue weighted by Gasteiger charge is -2.48. The minimum absolute atomic E-state index is 0.00444. The predicted octanol–water partition coefficient (Wildman–Crippen LogP) is 7.34. The van der Waals surface area contributed by atoms with E-state index in [1.807, 2.05) is 0 Å². The van der Waals surface area contributed by atoms with Crippen molar-refractivity contribution in [2.24, 2.45) is 0 Å². The quantitative estimate of drug-likeness (QED) is 0.0416. The van der Waals surface area contributed by atoms with Crippen LogP contribution in [0.5, 0.6) is 0 Å². The summed E-state index contributed by atoms with van der Waals surface area (Å²) in [4.78, 5) is 114. The molecule has 3 aliphatic rings. The summed E-state index contributed by atoms with van der Waals surface area (Å²) in [6.07, 6.45) is -29.7. The van der Waals surface area contributed by atoms with E-state index in [-0.39, 0.29) is 44.5 Å². The molecule has 98 heavy (non-hydrogen) atoms. The molecule has 8 aromatic rings. The van der Waals surface area contributed by atoms with Crippen LogP contribution in [0.4, 0.5) is 0 Å². The molecule has 504 valence electrons. The highest BCUT2D eigenvalue weighted by atomic mass is 16.8. The second-order valence-electron chi connectivity index (χ2n) is 22.4. The van der Waals surface area contributed by atoms with E-state index in [0.717, 1.165) is 0 Å². The van der Waals surface area contributed by atoms with E-state index in [0.29, 0.717) is 0 Å². The summed E-state index contributed by atoms with van der Waals surface area (Å²) in [5.41, 5.74) is -0.122. The van der Waals surface area contributed by atoms with E-state index < -0.39 is 160 Å². The van der Waals surface area contributed by atoms with Crippen LogP contribution >= 0.6 is 0 Å². The van der Waals surface area contributed by atoms with Gasteiger partial charge in [0.15, 0.2) is 61.6 Å². The summed E-state index contributed by atoms with van der Waals surface area (Å²) >= 11 is 0. The van der Waals surface area contributed by atoms with E-state index in [2.05, 4.69) is 0 Å². The number of benzene rings is 8. The molecule has 11 rings (SSSR count). The first-order valence-corrected chi connectivity index (χ1v) is 31.0. The SMILES string of the molecule is O=C(OC[C@H]1O[C@@H](O[C@H]2[C@H](O)[C@@H](CO)O[C@@H](OC[C@H]3O[C@H](O)[C@H](OC(=O)c4ccccc4)[C@@H](OC(=O)c4ccccc4)[C@@H]3OC(=O)c3ccccc3)[C@@H]2OC(=O)c2ccccc2)[C@H](OC(=O)c2ccccc2)[C@@H](OC(=O)c2ccccc2)[C@@H]1OC(=O)c1ccccc1)c1ccccc1. The topological polar surface area (TPSA) is 317 Å². The minimum Gasteiger partial charge on any atom is -0.459 e. The van der Waals surface area contributed by atoms with E-state index in [1.54, 1.807) is 109 Å². The lowest BCUT2D eigenvalue weighted by Crippen LogP contribution is -2.67. The molecule has 0 amide bonds. The van der Waals surface area contributed by atoms with Gasteiger partial charge in [0.25, 0.3) is 0 Å². The van der Waals surface area contributed by atoms with Crippen molar-refractivity contribution in [2.75, 3.05) is 19.8 Å². The predicted molar refractivity (Wildman–Crippen MR) is 338 cm³/mol. The van der Waals surface area contributed by atoms with Gasteiger partial charge < -0.3 is 76.9 Å². The second-order valence-corrected chi connectivity index (χ2v) is 22.4. The Morgan fingerprint density at radius 1 is 0.286 bits per heavy atom.